The summed E-state index contributed by atoms with van der Waals surface area (Å²) in [7, 11) is -3.65. The maximum absolute atomic E-state index is 12.9. The number of carbonyl (C=O) groups excluding carboxylic acids is 1. The molecule has 0 aliphatic carbocycles. The van der Waals surface area contributed by atoms with Gasteiger partial charge in [-0.25, -0.2) is 8.42 Å². The van der Waals surface area contributed by atoms with Gasteiger partial charge in [-0.3, -0.25) is 4.79 Å². The van der Waals surface area contributed by atoms with Crippen LogP contribution in [0.5, 0.6) is 0 Å². The average molecular weight is 403 g/mol. The van der Waals surface area contributed by atoms with Gasteiger partial charge in [0.1, 0.15) is 0 Å². The van der Waals surface area contributed by atoms with E-state index in [1.165, 1.54) is 16.4 Å². The molecule has 6 nitrogen and oxygen atoms in total. The fourth-order valence-electron chi connectivity index (χ4n) is 3.18. The number of piperidine rings is 1. The number of benzene rings is 1. The van der Waals surface area contributed by atoms with Gasteiger partial charge in [0.15, 0.2) is 0 Å². The van der Waals surface area contributed by atoms with Gasteiger partial charge in [-0.05, 0) is 43.5 Å². The summed E-state index contributed by atoms with van der Waals surface area (Å²) in [6.07, 6.45) is 3.13. The predicted octanol–water partition coefficient (Wildman–Crippen LogP) is 2.36. The van der Waals surface area contributed by atoms with Gasteiger partial charge < -0.3 is 10.0 Å². The first-order valence-corrected chi connectivity index (χ1v) is 10.9. The maximum Gasteiger partial charge on any atom is 0.243 e. The molecule has 1 aromatic rings. The van der Waals surface area contributed by atoms with E-state index in [-0.39, 0.29) is 29.9 Å². The monoisotopic (exact) mass is 402 g/mol. The van der Waals surface area contributed by atoms with Gasteiger partial charge in [0.25, 0.3) is 0 Å². The minimum absolute atomic E-state index is 0.0662. The van der Waals surface area contributed by atoms with E-state index in [2.05, 4.69) is 0 Å². The minimum atomic E-state index is -3.65. The van der Waals surface area contributed by atoms with Crippen LogP contribution < -0.4 is 0 Å². The Morgan fingerprint density at radius 2 is 2.00 bits per heavy atom. The smallest absolute Gasteiger partial charge is 0.243 e. The first-order chi connectivity index (χ1) is 12.4. The molecule has 1 saturated heterocycles. The van der Waals surface area contributed by atoms with Crippen LogP contribution in [-0.4, -0.2) is 61.4 Å². The summed E-state index contributed by atoms with van der Waals surface area (Å²) < 4.78 is 27.1. The van der Waals surface area contributed by atoms with Crippen molar-refractivity contribution in [3.8, 4) is 0 Å². The third-order valence-electron chi connectivity index (χ3n) is 4.65. The molecule has 26 heavy (non-hydrogen) atoms. The highest BCUT2D eigenvalue weighted by molar-refractivity contribution is 7.89. The largest absolute Gasteiger partial charge is 0.395 e. The van der Waals surface area contributed by atoms with Crippen molar-refractivity contribution in [1.29, 1.82) is 0 Å². The second-order valence-electron chi connectivity index (χ2n) is 6.56. The Labute approximate surface area is 160 Å². The molecule has 1 aromatic carbocycles. The average Bonchev–Trinajstić information content (AvgIpc) is 2.65. The first kappa shape index (κ1) is 21.2. The minimum Gasteiger partial charge on any atom is -0.395 e. The van der Waals surface area contributed by atoms with Crippen molar-refractivity contribution in [2.75, 3.05) is 32.8 Å². The molecule has 1 aliphatic rings. The van der Waals surface area contributed by atoms with Crippen LogP contribution in [0, 0.1) is 5.92 Å². The topological polar surface area (TPSA) is 77.9 Å². The summed E-state index contributed by atoms with van der Waals surface area (Å²) in [5.41, 5.74) is 0. The molecular weight excluding hydrogens is 376 g/mol. The molecule has 146 valence electrons. The highest BCUT2D eigenvalue weighted by Gasteiger charge is 2.34. The lowest BCUT2D eigenvalue weighted by atomic mass is 9.98. The molecule has 1 unspecified atom stereocenters. The number of amides is 1. The van der Waals surface area contributed by atoms with Gasteiger partial charge in [-0.2, -0.15) is 4.31 Å². The fraction of sp³-hybridized carbons (Fsp3) is 0.611. The summed E-state index contributed by atoms with van der Waals surface area (Å²) in [4.78, 5) is 14.7. The summed E-state index contributed by atoms with van der Waals surface area (Å²) in [5.74, 6) is -0.433. The van der Waals surface area contributed by atoms with Crippen LogP contribution in [0.2, 0.25) is 5.02 Å². The summed E-state index contributed by atoms with van der Waals surface area (Å²) >= 11 is 5.84. The number of aliphatic hydroxyl groups is 1. The lowest BCUT2D eigenvalue weighted by molar-refractivity contribution is -0.137. The van der Waals surface area contributed by atoms with Crippen LogP contribution in [0.4, 0.5) is 0 Å². The summed E-state index contributed by atoms with van der Waals surface area (Å²) in [6, 6.07) is 6.08. The molecule has 0 bridgehead atoms. The molecule has 1 heterocycles. The van der Waals surface area contributed by atoms with Crippen molar-refractivity contribution in [3.05, 3.63) is 29.3 Å². The molecular formula is C18H27ClN2O4S. The van der Waals surface area contributed by atoms with Gasteiger partial charge >= 0.3 is 0 Å². The number of unbranched alkanes of at least 4 members (excludes halogenated alkanes) is 1. The number of sulfonamides is 1. The summed E-state index contributed by atoms with van der Waals surface area (Å²) in [6.45, 7) is 3.43. The van der Waals surface area contributed by atoms with Gasteiger partial charge in [0, 0.05) is 31.2 Å². The van der Waals surface area contributed by atoms with Crippen molar-refractivity contribution in [1.82, 2.24) is 9.21 Å². The van der Waals surface area contributed by atoms with E-state index < -0.39 is 10.0 Å². The Balaban J connectivity index is 2.12. The molecule has 1 aliphatic heterocycles. The molecule has 0 radical (unpaired) electrons. The van der Waals surface area contributed by atoms with Gasteiger partial charge in [0.2, 0.25) is 15.9 Å². The normalized spacial score (nSPS) is 18.7. The second kappa shape index (κ2) is 9.69. The van der Waals surface area contributed by atoms with Crippen LogP contribution in [0.1, 0.15) is 32.6 Å². The molecule has 0 spiro atoms. The molecule has 8 heteroatoms. The van der Waals surface area contributed by atoms with Crippen LogP contribution in [-0.2, 0) is 14.8 Å². The van der Waals surface area contributed by atoms with Crippen molar-refractivity contribution < 1.29 is 18.3 Å². The van der Waals surface area contributed by atoms with Crippen molar-refractivity contribution >= 4 is 27.5 Å². The zero-order valence-electron chi connectivity index (χ0n) is 15.1. The van der Waals surface area contributed by atoms with Gasteiger partial charge in [0.05, 0.1) is 17.4 Å². The van der Waals surface area contributed by atoms with Crippen LogP contribution in [0.25, 0.3) is 0 Å². The third kappa shape index (κ3) is 5.19. The second-order valence-corrected chi connectivity index (χ2v) is 8.93. The maximum atomic E-state index is 12.9. The van der Waals surface area contributed by atoms with Crippen LogP contribution in [0.15, 0.2) is 29.2 Å². The van der Waals surface area contributed by atoms with Gasteiger partial charge in [-0.1, -0.05) is 24.9 Å². The van der Waals surface area contributed by atoms with E-state index in [4.69, 9.17) is 11.6 Å². The van der Waals surface area contributed by atoms with Gasteiger partial charge in [-0.15, -0.1) is 0 Å². The Morgan fingerprint density at radius 1 is 1.31 bits per heavy atom. The SMILES string of the molecule is CCCCN(CCO)C(=O)C1CCCN(S(=O)(=O)c2ccc(Cl)cc2)C1. The number of hydrogen-bond donors (Lipinski definition) is 1. The molecule has 0 saturated carbocycles. The number of carbonyl (C=O) groups is 1. The Hall–Kier alpha value is -1.15. The van der Waals surface area contributed by atoms with Crippen molar-refractivity contribution in [3.63, 3.8) is 0 Å². The number of halogens is 1. The van der Waals surface area contributed by atoms with E-state index in [0.717, 1.165) is 12.8 Å². The fourth-order valence-corrected chi connectivity index (χ4v) is 4.83. The van der Waals surface area contributed by atoms with Crippen molar-refractivity contribution in [2.45, 2.75) is 37.5 Å². The lowest BCUT2D eigenvalue weighted by Crippen LogP contribution is -2.47. The van der Waals surface area contributed by atoms with E-state index >= 15 is 0 Å². The molecule has 1 fully saturated rings. The standard InChI is InChI=1S/C18H27ClN2O4S/c1-2-3-10-20(12-13-22)18(23)15-5-4-11-21(14-15)26(24,25)17-8-6-16(19)7-9-17/h6-9,15,22H,2-5,10-14H2,1H3. The predicted molar refractivity (Wildman–Crippen MR) is 102 cm³/mol. The van der Waals surface area contributed by atoms with Crippen LogP contribution in [0.3, 0.4) is 0 Å². The quantitative estimate of drug-likeness (QED) is 0.724. The Morgan fingerprint density at radius 3 is 2.62 bits per heavy atom. The van der Waals surface area contributed by atoms with Crippen LogP contribution >= 0.6 is 11.6 Å². The van der Waals surface area contributed by atoms with Crippen molar-refractivity contribution in [2.24, 2.45) is 5.92 Å². The third-order valence-corrected chi connectivity index (χ3v) is 6.78. The first-order valence-electron chi connectivity index (χ1n) is 9.05. The summed E-state index contributed by atoms with van der Waals surface area (Å²) in [5, 5.41) is 9.70. The molecule has 1 amide bonds. The molecule has 1 atom stereocenters. The van der Waals surface area contributed by atoms with E-state index in [1.54, 1.807) is 17.0 Å². The highest BCUT2D eigenvalue weighted by Crippen LogP contribution is 2.26. The number of rotatable bonds is 8. The molecule has 0 aromatic heterocycles. The number of aliphatic hydroxyl groups excluding tert-OH is 1. The zero-order valence-corrected chi connectivity index (χ0v) is 16.7. The van der Waals surface area contributed by atoms with E-state index in [0.29, 0.717) is 37.5 Å². The lowest BCUT2D eigenvalue weighted by Gasteiger charge is -2.34. The Bertz CT molecular complexity index is 694. The zero-order chi connectivity index (χ0) is 19.2. The number of hydrogen-bond acceptors (Lipinski definition) is 4. The highest BCUT2D eigenvalue weighted by atomic mass is 35.5. The number of nitrogens with zero attached hydrogens (tertiary/aromatic N) is 2. The molecule has 1 N–H and O–H groups in total. The Kier molecular flexibility index (Phi) is 7.88. The van der Waals surface area contributed by atoms with E-state index in [1.807, 2.05) is 6.92 Å². The molecule has 2 rings (SSSR count). The van der Waals surface area contributed by atoms with E-state index in [9.17, 15) is 18.3 Å².